The average molecular weight is 525 g/mol. The van der Waals surface area contributed by atoms with Crippen LogP contribution in [0, 0.1) is 5.82 Å². The SMILES string of the molecule is O=C(O)c1csc2cc(N3CCC(F)(COCc4c(-c5ccccc5F)noc4C4CC4)CC3)ccc12. The van der Waals surface area contributed by atoms with Gasteiger partial charge in [0.05, 0.1) is 18.8 Å². The van der Waals surface area contributed by atoms with Gasteiger partial charge in [-0.15, -0.1) is 11.3 Å². The lowest BCUT2D eigenvalue weighted by atomic mass is 9.93. The fourth-order valence-corrected chi connectivity index (χ4v) is 5.98. The number of rotatable bonds is 8. The normalized spacial score (nSPS) is 17.4. The van der Waals surface area contributed by atoms with Gasteiger partial charge in [0, 0.05) is 64.1 Å². The lowest BCUT2D eigenvalue weighted by Gasteiger charge is -2.37. The number of carbonyl (C=O) groups is 1. The molecular formula is C28H26F2N2O4S. The topological polar surface area (TPSA) is 75.8 Å². The first-order valence-corrected chi connectivity index (χ1v) is 13.3. The Bertz CT molecular complexity index is 1450. The fourth-order valence-electron chi connectivity index (χ4n) is 5.02. The summed E-state index contributed by atoms with van der Waals surface area (Å²) >= 11 is 1.40. The molecule has 2 fully saturated rings. The lowest BCUT2D eigenvalue weighted by Crippen LogP contribution is -2.44. The van der Waals surface area contributed by atoms with Crippen molar-refractivity contribution in [3.05, 3.63) is 70.5 Å². The first kappa shape index (κ1) is 24.1. The molecule has 192 valence electrons. The Morgan fingerprint density at radius 2 is 2.00 bits per heavy atom. The predicted molar refractivity (Wildman–Crippen MR) is 138 cm³/mol. The van der Waals surface area contributed by atoms with Crippen molar-refractivity contribution in [2.75, 3.05) is 24.6 Å². The minimum Gasteiger partial charge on any atom is -0.478 e. The standard InChI is InChI=1S/C28H26F2N2O4S/c29-23-4-2-1-3-20(23)25-21(26(36-31-25)17-5-6-17)14-35-16-28(30)9-11-32(12-10-28)18-7-8-19-22(27(33)34)15-37-24(19)13-18/h1-4,7-8,13,15,17H,5-6,9-12,14,16H2,(H,33,34). The Labute approximate surface area is 216 Å². The Kier molecular flexibility index (Phi) is 6.20. The molecule has 6 nitrogen and oxygen atoms in total. The molecule has 2 aliphatic rings. The number of carboxylic acids is 1. The molecule has 6 rings (SSSR count). The number of aromatic nitrogens is 1. The van der Waals surface area contributed by atoms with Crippen molar-refractivity contribution in [1.29, 1.82) is 0 Å². The number of carboxylic acid groups (broad SMARTS) is 1. The van der Waals surface area contributed by atoms with Gasteiger partial charge in [-0.1, -0.05) is 23.4 Å². The monoisotopic (exact) mass is 524 g/mol. The summed E-state index contributed by atoms with van der Waals surface area (Å²) in [5, 5.41) is 15.8. The molecule has 1 aliphatic heterocycles. The first-order valence-electron chi connectivity index (χ1n) is 12.4. The molecular weight excluding hydrogens is 498 g/mol. The van der Waals surface area contributed by atoms with Crippen LogP contribution in [-0.4, -0.2) is 41.6 Å². The van der Waals surface area contributed by atoms with E-state index in [1.165, 1.54) is 17.4 Å². The Morgan fingerprint density at radius 3 is 2.73 bits per heavy atom. The zero-order valence-electron chi connectivity index (χ0n) is 20.1. The number of ether oxygens (including phenoxy) is 1. The minimum atomic E-state index is -1.46. The quantitative estimate of drug-likeness (QED) is 0.273. The predicted octanol–water partition coefficient (Wildman–Crippen LogP) is 6.80. The van der Waals surface area contributed by atoms with Gasteiger partial charge >= 0.3 is 5.97 Å². The molecule has 1 N–H and O–H groups in total. The minimum absolute atomic E-state index is 0.0568. The molecule has 0 bridgehead atoms. The van der Waals surface area contributed by atoms with Crippen molar-refractivity contribution in [2.45, 2.75) is 43.9 Å². The molecule has 3 heterocycles. The molecule has 2 aromatic carbocycles. The van der Waals surface area contributed by atoms with Crippen LogP contribution in [0.15, 0.2) is 52.4 Å². The second-order valence-electron chi connectivity index (χ2n) is 9.89. The van der Waals surface area contributed by atoms with Gasteiger partial charge in [0.2, 0.25) is 0 Å². The molecule has 1 saturated carbocycles. The number of hydrogen-bond acceptors (Lipinski definition) is 6. The average Bonchev–Trinajstić information content (AvgIpc) is 3.51. The highest BCUT2D eigenvalue weighted by atomic mass is 32.1. The van der Waals surface area contributed by atoms with Crippen LogP contribution in [0.25, 0.3) is 21.3 Å². The van der Waals surface area contributed by atoms with Crippen LogP contribution >= 0.6 is 11.3 Å². The highest BCUT2D eigenvalue weighted by Gasteiger charge is 2.37. The number of benzene rings is 2. The van der Waals surface area contributed by atoms with Gasteiger partial charge in [0.1, 0.15) is 22.9 Å². The van der Waals surface area contributed by atoms with E-state index >= 15 is 4.39 Å². The van der Waals surface area contributed by atoms with E-state index in [0.717, 1.165) is 34.4 Å². The molecule has 0 atom stereocenters. The number of aromatic carboxylic acids is 1. The third-order valence-corrected chi connectivity index (χ3v) is 8.26. The summed E-state index contributed by atoms with van der Waals surface area (Å²) < 4.78 is 42.5. The number of alkyl halides is 1. The van der Waals surface area contributed by atoms with E-state index in [0.29, 0.717) is 48.3 Å². The van der Waals surface area contributed by atoms with E-state index < -0.39 is 11.6 Å². The van der Waals surface area contributed by atoms with E-state index in [2.05, 4.69) is 10.1 Å². The fraction of sp³-hybridized carbons (Fsp3) is 0.357. The van der Waals surface area contributed by atoms with Gasteiger partial charge in [-0.3, -0.25) is 0 Å². The van der Waals surface area contributed by atoms with Crippen molar-refractivity contribution < 1.29 is 27.9 Å². The highest BCUT2D eigenvalue weighted by Crippen LogP contribution is 2.44. The van der Waals surface area contributed by atoms with E-state index in [1.807, 2.05) is 18.2 Å². The largest absolute Gasteiger partial charge is 0.478 e. The van der Waals surface area contributed by atoms with Crippen molar-refractivity contribution in [1.82, 2.24) is 5.16 Å². The molecule has 1 aliphatic carbocycles. The molecule has 2 aromatic heterocycles. The van der Waals surface area contributed by atoms with E-state index in [-0.39, 0.29) is 24.9 Å². The second kappa shape index (κ2) is 9.54. The zero-order valence-corrected chi connectivity index (χ0v) is 20.9. The molecule has 0 radical (unpaired) electrons. The number of hydrogen-bond donors (Lipinski definition) is 1. The van der Waals surface area contributed by atoms with Gasteiger partial charge < -0.3 is 19.3 Å². The van der Waals surface area contributed by atoms with Crippen molar-refractivity contribution in [2.24, 2.45) is 0 Å². The Morgan fingerprint density at radius 1 is 1.22 bits per heavy atom. The smallest absolute Gasteiger partial charge is 0.337 e. The van der Waals surface area contributed by atoms with Crippen LogP contribution in [0.1, 0.15) is 53.3 Å². The van der Waals surface area contributed by atoms with E-state index in [9.17, 15) is 14.3 Å². The summed E-state index contributed by atoms with van der Waals surface area (Å²) in [5.41, 5.74) is 1.30. The second-order valence-corrected chi connectivity index (χ2v) is 10.8. The summed E-state index contributed by atoms with van der Waals surface area (Å²) in [5.74, 6) is -0.332. The van der Waals surface area contributed by atoms with Crippen LogP contribution < -0.4 is 4.90 Å². The molecule has 37 heavy (non-hydrogen) atoms. The molecule has 4 aromatic rings. The molecule has 0 amide bonds. The summed E-state index contributed by atoms with van der Waals surface area (Å²) in [7, 11) is 0. The maximum absolute atomic E-state index is 15.7. The lowest BCUT2D eigenvalue weighted by molar-refractivity contribution is -0.00757. The van der Waals surface area contributed by atoms with Crippen LogP contribution in [0.3, 0.4) is 0 Å². The Hall–Kier alpha value is -3.30. The highest BCUT2D eigenvalue weighted by molar-refractivity contribution is 7.17. The maximum Gasteiger partial charge on any atom is 0.337 e. The molecule has 0 unspecified atom stereocenters. The summed E-state index contributed by atoms with van der Waals surface area (Å²) in [6, 6.07) is 12.1. The number of thiophene rings is 1. The third kappa shape index (κ3) is 4.73. The van der Waals surface area contributed by atoms with E-state index in [4.69, 9.17) is 9.26 Å². The molecule has 0 spiro atoms. The van der Waals surface area contributed by atoms with Gasteiger partial charge in [0.15, 0.2) is 0 Å². The van der Waals surface area contributed by atoms with Crippen LogP contribution in [0.5, 0.6) is 0 Å². The van der Waals surface area contributed by atoms with Crippen molar-refractivity contribution >= 4 is 33.1 Å². The van der Waals surface area contributed by atoms with Crippen LogP contribution in [-0.2, 0) is 11.3 Å². The maximum atomic E-state index is 15.7. The summed E-state index contributed by atoms with van der Waals surface area (Å²) in [6.07, 6.45) is 2.62. The van der Waals surface area contributed by atoms with Crippen LogP contribution in [0.4, 0.5) is 14.5 Å². The third-order valence-electron chi connectivity index (χ3n) is 7.32. The first-order chi connectivity index (χ1) is 17.9. The number of anilines is 1. The van der Waals surface area contributed by atoms with Crippen molar-refractivity contribution in [3.63, 3.8) is 0 Å². The van der Waals surface area contributed by atoms with Crippen molar-refractivity contribution in [3.8, 4) is 11.3 Å². The summed E-state index contributed by atoms with van der Waals surface area (Å²) in [6.45, 7) is 1.13. The van der Waals surface area contributed by atoms with Gasteiger partial charge in [-0.2, -0.15) is 0 Å². The number of piperidine rings is 1. The number of halogens is 2. The number of nitrogens with zero attached hydrogens (tertiary/aromatic N) is 2. The summed E-state index contributed by atoms with van der Waals surface area (Å²) in [4.78, 5) is 13.5. The van der Waals surface area contributed by atoms with Gasteiger partial charge in [-0.25, -0.2) is 13.6 Å². The zero-order chi connectivity index (χ0) is 25.6. The van der Waals surface area contributed by atoms with E-state index in [1.54, 1.807) is 23.6 Å². The molecule has 9 heteroatoms. The Balaban J connectivity index is 1.10. The van der Waals surface area contributed by atoms with Crippen LogP contribution in [0.2, 0.25) is 0 Å². The van der Waals surface area contributed by atoms with Gasteiger partial charge in [0.25, 0.3) is 0 Å². The molecule has 1 saturated heterocycles. The van der Waals surface area contributed by atoms with Gasteiger partial charge in [-0.05, 0) is 37.1 Å². The number of fused-ring (bicyclic) bond motifs is 1.